The van der Waals surface area contributed by atoms with Crippen molar-refractivity contribution < 1.29 is 43.3 Å². The first kappa shape index (κ1) is 29.8. The standard InChI is InChI=1S/C24H38N4O9/c1-22(2,3)35-20(33)28(21(34)36-23(4,5)6)25-12-8-7-9-17(29)26-13-10-24(11-14-26)16-27(15-18(30)31)19(32)37-24/h12H,7-11,13-16H2,1-6H3,(H,30,31). The van der Waals surface area contributed by atoms with Crippen LogP contribution < -0.4 is 0 Å². The lowest BCUT2D eigenvalue weighted by molar-refractivity contribution is -0.137. The number of hydrazone groups is 1. The van der Waals surface area contributed by atoms with Crippen molar-refractivity contribution in [2.45, 2.75) is 90.4 Å². The van der Waals surface area contributed by atoms with Crippen LogP contribution in [0.2, 0.25) is 0 Å². The van der Waals surface area contributed by atoms with Crippen LogP contribution in [0.25, 0.3) is 0 Å². The van der Waals surface area contributed by atoms with Gasteiger partial charge in [0.2, 0.25) is 5.91 Å². The summed E-state index contributed by atoms with van der Waals surface area (Å²) in [6.07, 6.45) is 0.635. The van der Waals surface area contributed by atoms with Gasteiger partial charge in [0.15, 0.2) is 0 Å². The van der Waals surface area contributed by atoms with Gasteiger partial charge in [-0.05, 0) is 54.4 Å². The van der Waals surface area contributed by atoms with Crippen molar-refractivity contribution >= 4 is 36.4 Å². The molecule has 0 aromatic rings. The minimum absolute atomic E-state index is 0.0777. The van der Waals surface area contributed by atoms with Crippen molar-refractivity contribution in [3.05, 3.63) is 0 Å². The monoisotopic (exact) mass is 526 g/mol. The van der Waals surface area contributed by atoms with Crippen molar-refractivity contribution in [2.24, 2.45) is 5.10 Å². The summed E-state index contributed by atoms with van der Waals surface area (Å²) in [6.45, 7) is 10.6. The molecule has 0 unspecified atom stereocenters. The second kappa shape index (κ2) is 11.8. The molecule has 2 fully saturated rings. The maximum atomic E-state index is 12.6. The van der Waals surface area contributed by atoms with Gasteiger partial charge >= 0.3 is 24.2 Å². The highest BCUT2D eigenvalue weighted by Gasteiger charge is 2.47. The van der Waals surface area contributed by atoms with Gasteiger partial charge in [0, 0.05) is 38.6 Å². The summed E-state index contributed by atoms with van der Waals surface area (Å²) in [5, 5.41) is 13.4. The van der Waals surface area contributed by atoms with Gasteiger partial charge in [-0.1, -0.05) is 5.01 Å². The Kier molecular flexibility index (Phi) is 9.50. The summed E-state index contributed by atoms with van der Waals surface area (Å²) >= 11 is 0. The van der Waals surface area contributed by atoms with Crippen LogP contribution in [0.5, 0.6) is 0 Å². The smallest absolute Gasteiger partial charge is 0.441 e. The number of hydrogen-bond acceptors (Lipinski definition) is 9. The highest BCUT2D eigenvalue weighted by molar-refractivity contribution is 5.88. The SMILES string of the molecule is CC(C)(C)OC(=O)N(N=CCCCC(=O)N1CCC2(CC1)CN(CC(=O)O)C(=O)O2)C(=O)OC(C)(C)C. The average molecular weight is 527 g/mol. The topological polar surface area (TPSA) is 155 Å². The van der Waals surface area contributed by atoms with Gasteiger partial charge in [0.1, 0.15) is 23.3 Å². The van der Waals surface area contributed by atoms with E-state index in [0.717, 1.165) is 4.90 Å². The average Bonchev–Trinajstić information content (AvgIpc) is 3.01. The fraction of sp³-hybridized carbons (Fsp3) is 0.750. The molecule has 13 heteroatoms. The number of ether oxygens (including phenoxy) is 3. The number of nitrogens with zero attached hydrogens (tertiary/aromatic N) is 4. The molecule has 0 aromatic heterocycles. The van der Waals surface area contributed by atoms with Gasteiger partial charge in [-0.15, -0.1) is 0 Å². The summed E-state index contributed by atoms with van der Waals surface area (Å²) in [4.78, 5) is 63.2. The lowest BCUT2D eigenvalue weighted by atomic mass is 9.91. The third-order valence-corrected chi connectivity index (χ3v) is 5.45. The number of carbonyl (C=O) groups is 5. The Morgan fingerprint density at radius 1 is 1.05 bits per heavy atom. The number of hydrogen-bond donors (Lipinski definition) is 1. The van der Waals surface area contributed by atoms with Crippen LogP contribution in [0.4, 0.5) is 14.4 Å². The summed E-state index contributed by atoms with van der Waals surface area (Å²) in [5.74, 6) is -1.18. The molecule has 37 heavy (non-hydrogen) atoms. The molecule has 0 atom stereocenters. The number of imide groups is 1. The number of rotatable bonds is 7. The van der Waals surface area contributed by atoms with Gasteiger partial charge in [0.25, 0.3) is 0 Å². The Morgan fingerprint density at radius 3 is 2.08 bits per heavy atom. The Hall–Kier alpha value is -3.38. The maximum Gasteiger partial charge on any atom is 0.441 e. The zero-order valence-electron chi connectivity index (χ0n) is 22.4. The van der Waals surface area contributed by atoms with E-state index in [1.54, 1.807) is 46.4 Å². The minimum atomic E-state index is -1.11. The summed E-state index contributed by atoms with van der Waals surface area (Å²) < 4.78 is 15.9. The number of carboxylic acid groups (broad SMARTS) is 1. The van der Waals surface area contributed by atoms with E-state index in [-0.39, 0.29) is 18.9 Å². The molecule has 0 aliphatic carbocycles. The first-order chi connectivity index (χ1) is 17.0. The molecule has 208 valence electrons. The second-order valence-electron chi connectivity index (χ2n) is 11.1. The van der Waals surface area contributed by atoms with E-state index < -0.39 is 47.6 Å². The molecule has 1 spiro atoms. The number of likely N-dealkylation sites (tertiary alicyclic amines) is 1. The Balaban J connectivity index is 1.83. The van der Waals surface area contributed by atoms with Crippen LogP contribution in [0.15, 0.2) is 5.10 Å². The molecular formula is C24H38N4O9. The predicted octanol–water partition coefficient (Wildman–Crippen LogP) is 3.21. The summed E-state index contributed by atoms with van der Waals surface area (Å²) in [7, 11) is 0. The van der Waals surface area contributed by atoms with Crippen LogP contribution in [0.1, 0.15) is 73.6 Å². The van der Waals surface area contributed by atoms with Crippen LogP contribution in [0.3, 0.4) is 0 Å². The van der Waals surface area contributed by atoms with E-state index in [1.165, 1.54) is 6.21 Å². The maximum absolute atomic E-state index is 12.6. The fourth-order valence-electron chi connectivity index (χ4n) is 3.82. The first-order valence-corrected chi connectivity index (χ1v) is 12.3. The molecule has 2 aliphatic rings. The lowest BCUT2D eigenvalue weighted by Gasteiger charge is -2.37. The third-order valence-electron chi connectivity index (χ3n) is 5.45. The van der Waals surface area contributed by atoms with E-state index in [1.807, 2.05) is 0 Å². The highest BCUT2D eigenvalue weighted by atomic mass is 16.6. The number of carbonyl (C=O) groups excluding carboxylic acids is 4. The van der Waals surface area contributed by atoms with Crippen molar-refractivity contribution in [1.82, 2.24) is 14.8 Å². The molecule has 0 aromatic carbocycles. The molecule has 1 N–H and O–H groups in total. The number of carboxylic acids is 1. The molecule has 2 aliphatic heterocycles. The van der Waals surface area contributed by atoms with Crippen molar-refractivity contribution in [3.8, 4) is 0 Å². The van der Waals surface area contributed by atoms with Crippen LogP contribution >= 0.6 is 0 Å². The normalized spacial score (nSPS) is 17.6. The van der Waals surface area contributed by atoms with E-state index in [9.17, 15) is 24.0 Å². The molecule has 0 saturated carbocycles. The minimum Gasteiger partial charge on any atom is -0.480 e. The lowest BCUT2D eigenvalue weighted by Crippen LogP contribution is -2.48. The van der Waals surface area contributed by atoms with Crippen molar-refractivity contribution in [2.75, 3.05) is 26.2 Å². The zero-order chi connectivity index (χ0) is 28.0. The predicted molar refractivity (Wildman–Crippen MR) is 131 cm³/mol. The van der Waals surface area contributed by atoms with E-state index >= 15 is 0 Å². The van der Waals surface area contributed by atoms with Crippen molar-refractivity contribution in [3.63, 3.8) is 0 Å². The quantitative estimate of drug-likeness (QED) is 0.228. The van der Waals surface area contributed by atoms with Gasteiger partial charge in [-0.3, -0.25) is 14.5 Å². The van der Waals surface area contributed by atoms with Crippen molar-refractivity contribution in [1.29, 1.82) is 0 Å². The molecule has 0 radical (unpaired) electrons. The Morgan fingerprint density at radius 2 is 1.59 bits per heavy atom. The highest BCUT2D eigenvalue weighted by Crippen LogP contribution is 2.33. The Bertz CT molecular complexity index is 884. The molecule has 2 rings (SSSR count). The van der Waals surface area contributed by atoms with E-state index in [4.69, 9.17) is 19.3 Å². The molecule has 13 nitrogen and oxygen atoms in total. The van der Waals surface area contributed by atoms with Gasteiger partial charge in [0.05, 0.1) is 6.54 Å². The molecular weight excluding hydrogens is 488 g/mol. The largest absolute Gasteiger partial charge is 0.480 e. The van der Waals surface area contributed by atoms with E-state index in [0.29, 0.717) is 43.8 Å². The third kappa shape index (κ3) is 9.54. The van der Waals surface area contributed by atoms with Crippen LogP contribution in [-0.4, -0.2) is 99.3 Å². The van der Waals surface area contributed by atoms with Crippen LogP contribution in [-0.2, 0) is 23.8 Å². The van der Waals surface area contributed by atoms with E-state index in [2.05, 4.69) is 5.10 Å². The number of unbranched alkanes of at least 4 members (excludes halogenated alkanes) is 1. The first-order valence-electron chi connectivity index (χ1n) is 12.3. The molecule has 2 heterocycles. The van der Waals surface area contributed by atoms with Gasteiger partial charge in [-0.25, -0.2) is 14.4 Å². The molecule has 0 bridgehead atoms. The molecule has 4 amide bonds. The van der Waals surface area contributed by atoms with Gasteiger partial charge < -0.3 is 24.2 Å². The van der Waals surface area contributed by atoms with Crippen LogP contribution in [0, 0.1) is 0 Å². The number of piperidine rings is 1. The second-order valence-corrected chi connectivity index (χ2v) is 11.1. The number of aliphatic carboxylic acids is 1. The van der Waals surface area contributed by atoms with Gasteiger partial charge in [-0.2, -0.15) is 5.10 Å². The Labute approximate surface area is 216 Å². The zero-order valence-corrected chi connectivity index (χ0v) is 22.4. The number of amides is 4. The summed E-state index contributed by atoms with van der Waals surface area (Å²) in [5.41, 5.74) is -2.43. The molecule has 2 saturated heterocycles. The fourth-order valence-corrected chi connectivity index (χ4v) is 3.82. The summed E-state index contributed by atoms with van der Waals surface area (Å²) in [6, 6.07) is 0.